The van der Waals surface area contributed by atoms with E-state index in [0.717, 1.165) is 6.07 Å². The lowest BCUT2D eigenvalue weighted by atomic mass is 9.68. The van der Waals surface area contributed by atoms with Crippen LogP contribution in [0.4, 0.5) is 13.2 Å². The largest absolute Gasteiger partial charge is 0.469 e. The highest BCUT2D eigenvalue weighted by Crippen LogP contribution is 2.46. The summed E-state index contributed by atoms with van der Waals surface area (Å²) in [4.78, 5) is 27.5. The van der Waals surface area contributed by atoms with Gasteiger partial charge in [-0.15, -0.1) is 0 Å². The number of carbonyl (C=O) groups excluding carboxylic acids is 2. The van der Waals surface area contributed by atoms with E-state index in [9.17, 15) is 22.8 Å². The van der Waals surface area contributed by atoms with Gasteiger partial charge in [0.15, 0.2) is 17.5 Å². The van der Waals surface area contributed by atoms with Crippen LogP contribution in [0.15, 0.2) is 17.8 Å². The fourth-order valence-corrected chi connectivity index (χ4v) is 4.23. The van der Waals surface area contributed by atoms with Crippen LogP contribution in [-0.4, -0.2) is 43.1 Å². The van der Waals surface area contributed by atoms with E-state index in [-0.39, 0.29) is 11.1 Å². The molecule has 0 saturated carbocycles. The van der Waals surface area contributed by atoms with Gasteiger partial charge in [0.25, 0.3) is 0 Å². The minimum atomic E-state index is -1.58. The highest BCUT2D eigenvalue weighted by atomic mass is 19.2. The van der Waals surface area contributed by atoms with Crippen LogP contribution in [0.1, 0.15) is 44.2 Å². The van der Waals surface area contributed by atoms with Crippen molar-refractivity contribution in [3.8, 4) is 0 Å². The molecule has 0 fully saturated rings. The standard InChI is InChI=1S/C21H26F3NO4/c1-7-8-25-11(2)9-14(13-10-15(22)18(24)17(23)12(13)3)16(19(26)28-5)21(25,4)20(27)29-6/h9-10,14,16H,7-8H2,1-6H3. The van der Waals surface area contributed by atoms with Crippen molar-refractivity contribution in [2.24, 2.45) is 5.92 Å². The molecule has 0 N–H and O–H groups in total. The first-order chi connectivity index (χ1) is 13.6. The second kappa shape index (κ2) is 8.47. The van der Waals surface area contributed by atoms with Crippen LogP contribution in [0.2, 0.25) is 0 Å². The van der Waals surface area contributed by atoms with Crippen molar-refractivity contribution in [1.82, 2.24) is 4.90 Å². The number of esters is 2. The lowest BCUT2D eigenvalue weighted by Crippen LogP contribution is -2.62. The molecule has 1 aromatic carbocycles. The fraction of sp³-hybridized carbons (Fsp3) is 0.524. The van der Waals surface area contributed by atoms with Gasteiger partial charge in [-0.05, 0) is 44.4 Å². The molecule has 0 bridgehead atoms. The summed E-state index contributed by atoms with van der Waals surface area (Å²) in [6.45, 7) is 6.95. The van der Waals surface area contributed by atoms with Gasteiger partial charge in [-0.1, -0.05) is 13.0 Å². The average Bonchev–Trinajstić information content (AvgIpc) is 2.70. The Labute approximate surface area is 168 Å². The van der Waals surface area contributed by atoms with Crippen LogP contribution in [-0.2, 0) is 19.1 Å². The summed E-state index contributed by atoms with van der Waals surface area (Å²) in [6, 6.07) is 0.866. The zero-order valence-electron chi connectivity index (χ0n) is 17.4. The van der Waals surface area contributed by atoms with Gasteiger partial charge in [-0.2, -0.15) is 0 Å². The number of benzene rings is 1. The maximum Gasteiger partial charge on any atom is 0.332 e. The highest BCUT2D eigenvalue weighted by Gasteiger charge is 2.57. The Kier molecular flexibility index (Phi) is 6.65. The molecule has 0 spiro atoms. The number of methoxy groups -OCH3 is 2. The molecule has 1 aliphatic rings. The molecule has 0 aliphatic carbocycles. The molecule has 1 aliphatic heterocycles. The van der Waals surface area contributed by atoms with Crippen LogP contribution in [0.3, 0.4) is 0 Å². The second-order valence-electron chi connectivity index (χ2n) is 7.33. The minimum absolute atomic E-state index is 0.0717. The van der Waals surface area contributed by atoms with Gasteiger partial charge < -0.3 is 14.4 Å². The second-order valence-corrected chi connectivity index (χ2v) is 7.33. The molecule has 1 heterocycles. The number of hydrogen-bond donors (Lipinski definition) is 0. The maximum absolute atomic E-state index is 14.3. The molecule has 1 aromatic rings. The van der Waals surface area contributed by atoms with Gasteiger partial charge in [0.1, 0.15) is 11.5 Å². The normalized spacial score (nSPS) is 24.2. The van der Waals surface area contributed by atoms with Gasteiger partial charge in [0.05, 0.1) is 14.2 Å². The summed E-state index contributed by atoms with van der Waals surface area (Å²) in [5.41, 5.74) is -0.922. The number of halogens is 3. The molecule has 2 rings (SSSR count). The van der Waals surface area contributed by atoms with Crippen molar-refractivity contribution >= 4 is 11.9 Å². The van der Waals surface area contributed by atoms with Gasteiger partial charge in [0, 0.05) is 18.2 Å². The summed E-state index contributed by atoms with van der Waals surface area (Å²) in [6.07, 6.45) is 2.33. The number of allylic oxidation sites excluding steroid dienone is 2. The highest BCUT2D eigenvalue weighted by molar-refractivity contribution is 5.90. The van der Waals surface area contributed by atoms with Gasteiger partial charge in [-0.3, -0.25) is 4.79 Å². The van der Waals surface area contributed by atoms with E-state index < -0.39 is 46.8 Å². The maximum atomic E-state index is 14.3. The fourth-order valence-electron chi connectivity index (χ4n) is 4.23. The zero-order valence-corrected chi connectivity index (χ0v) is 17.4. The van der Waals surface area contributed by atoms with Gasteiger partial charge in [0.2, 0.25) is 0 Å². The van der Waals surface area contributed by atoms with Crippen molar-refractivity contribution in [2.75, 3.05) is 20.8 Å². The van der Waals surface area contributed by atoms with Crippen molar-refractivity contribution < 1.29 is 32.2 Å². The predicted octanol–water partition coefficient (Wildman–Crippen LogP) is 3.85. The summed E-state index contributed by atoms with van der Waals surface area (Å²) in [7, 11) is 2.38. The Hall–Kier alpha value is -2.51. The third-order valence-electron chi connectivity index (χ3n) is 5.68. The van der Waals surface area contributed by atoms with E-state index in [2.05, 4.69) is 0 Å². The smallest absolute Gasteiger partial charge is 0.332 e. The molecule has 3 unspecified atom stereocenters. The lowest BCUT2D eigenvalue weighted by molar-refractivity contribution is -0.169. The van der Waals surface area contributed by atoms with Crippen LogP contribution < -0.4 is 0 Å². The predicted molar refractivity (Wildman–Crippen MR) is 100 cm³/mol. The first-order valence-electron chi connectivity index (χ1n) is 9.32. The van der Waals surface area contributed by atoms with Crippen molar-refractivity contribution in [2.45, 2.75) is 45.6 Å². The molecular formula is C21H26F3NO4. The Balaban J connectivity index is 2.84. The van der Waals surface area contributed by atoms with Crippen LogP contribution in [0.25, 0.3) is 0 Å². The van der Waals surface area contributed by atoms with Crippen molar-refractivity contribution in [3.63, 3.8) is 0 Å². The molecule has 29 heavy (non-hydrogen) atoms. The Bertz CT molecular complexity index is 855. The van der Waals surface area contributed by atoms with Crippen molar-refractivity contribution in [1.29, 1.82) is 0 Å². The Morgan fingerprint density at radius 3 is 2.28 bits per heavy atom. The Morgan fingerprint density at radius 2 is 1.76 bits per heavy atom. The van der Waals surface area contributed by atoms with Crippen molar-refractivity contribution in [3.05, 3.63) is 46.4 Å². The molecule has 5 nitrogen and oxygen atoms in total. The zero-order chi connectivity index (χ0) is 22.1. The first-order valence-corrected chi connectivity index (χ1v) is 9.32. The third kappa shape index (κ3) is 3.60. The summed E-state index contributed by atoms with van der Waals surface area (Å²) < 4.78 is 52.0. The topological polar surface area (TPSA) is 55.8 Å². The third-order valence-corrected chi connectivity index (χ3v) is 5.68. The van der Waals surface area contributed by atoms with Crippen LogP contribution >= 0.6 is 0 Å². The molecular weight excluding hydrogens is 387 g/mol. The lowest BCUT2D eigenvalue weighted by Gasteiger charge is -2.50. The van der Waals surface area contributed by atoms with E-state index in [0.29, 0.717) is 18.7 Å². The summed E-state index contributed by atoms with van der Waals surface area (Å²) in [5, 5.41) is 0. The minimum Gasteiger partial charge on any atom is -0.469 e. The molecule has 0 radical (unpaired) electrons. The molecule has 0 amide bonds. The summed E-state index contributed by atoms with van der Waals surface area (Å²) >= 11 is 0. The van der Waals surface area contributed by atoms with E-state index >= 15 is 0 Å². The number of nitrogens with zero attached hydrogens (tertiary/aromatic N) is 1. The molecule has 8 heteroatoms. The van der Waals surface area contributed by atoms with E-state index in [1.807, 2.05) is 6.92 Å². The van der Waals surface area contributed by atoms with Gasteiger partial charge >= 0.3 is 11.9 Å². The van der Waals surface area contributed by atoms with E-state index in [1.165, 1.54) is 21.1 Å². The van der Waals surface area contributed by atoms with E-state index in [1.54, 1.807) is 24.8 Å². The van der Waals surface area contributed by atoms with Crippen LogP contribution in [0, 0.1) is 30.3 Å². The monoisotopic (exact) mass is 413 g/mol. The average molecular weight is 413 g/mol. The number of carbonyl (C=O) groups is 2. The number of ether oxygens (including phenoxy) is 2. The number of rotatable bonds is 5. The van der Waals surface area contributed by atoms with Crippen LogP contribution in [0.5, 0.6) is 0 Å². The quantitative estimate of drug-likeness (QED) is 0.542. The summed E-state index contributed by atoms with van der Waals surface area (Å²) in [5.74, 6) is -7.79. The van der Waals surface area contributed by atoms with E-state index in [4.69, 9.17) is 9.47 Å². The van der Waals surface area contributed by atoms with Gasteiger partial charge in [-0.25, -0.2) is 18.0 Å². The molecule has 3 atom stereocenters. The molecule has 0 aromatic heterocycles. The molecule has 160 valence electrons. The Morgan fingerprint density at radius 1 is 1.14 bits per heavy atom. The SMILES string of the molecule is CCCN1C(C)=CC(c2cc(F)c(F)c(F)c2C)C(C(=O)OC)C1(C)C(=O)OC. The first kappa shape index (κ1) is 22.8. The number of hydrogen-bond acceptors (Lipinski definition) is 5. The molecule has 0 saturated heterocycles.